The number of H-pyrrole nitrogens is 1. The topological polar surface area (TPSA) is 70.2 Å². The van der Waals surface area contributed by atoms with Gasteiger partial charge in [0, 0.05) is 19.4 Å². The first-order valence-electron chi connectivity index (χ1n) is 10.2. The summed E-state index contributed by atoms with van der Waals surface area (Å²) in [5.74, 6) is 1.70. The normalized spacial score (nSPS) is 12.3. The Kier molecular flexibility index (Phi) is 7.25. The van der Waals surface area contributed by atoms with Crippen molar-refractivity contribution in [3.05, 3.63) is 59.9 Å². The Bertz CT molecular complexity index is 900. The van der Waals surface area contributed by atoms with Crippen LogP contribution in [0.15, 0.2) is 48.5 Å². The monoisotopic (exact) mass is 394 g/mol. The van der Waals surface area contributed by atoms with Gasteiger partial charge in [0.25, 0.3) is 0 Å². The lowest BCUT2D eigenvalue weighted by Gasteiger charge is -2.30. The molecule has 2 aromatic carbocycles. The van der Waals surface area contributed by atoms with Crippen molar-refractivity contribution in [1.82, 2.24) is 20.2 Å². The van der Waals surface area contributed by atoms with E-state index in [1.165, 1.54) is 0 Å². The maximum Gasteiger partial charge on any atom is 0.220 e. The van der Waals surface area contributed by atoms with Gasteiger partial charge in [-0.05, 0) is 42.9 Å². The summed E-state index contributed by atoms with van der Waals surface area (Å²) in [6.07, 6.45) is 0.999. The number of rotatable bonds is 10. The molecule has 1 heterocycles. The van der Waals surface area contributed by atoms with Crippen LogP contribution in [0.2, 0.25) is 0 Å². The van der Waals surface area contributed by atoms with Gasteiger partial charge in [0.15, 0.2) is 0 Å². The highest BCUT2D eigenvalue weighted by Crippen LogP contribution is 2.24. The number of nitrogens with one attached hydrogen (secondary N) is 2. The lowest BCUT2D eigenvalue weighted by Crippen LogP contribution is -2.38. The Morgan fingerprint density at radius 1 is 1.17 bits per heavy atom. The van der Waals surface area contributed by atoms with Gasteiger partial charge in [-0.15, -0.1) is 0 Å². The highest BCUT2D eigenvalue weighted by molar-refractivity contribution is 5.77. The van der Waals surface area contributed by atoms with Crippen LogP contribution in [0.1, 0.15) is 37.7 Å². The van der Waals surface area contributed by atoms with E-state index in [4.69, 9.17) is 4.74 Å². The Hall–Kier alpha value is -2.86. The molecule has 1 amide bonds. The fraction of sp³-hybridized carbons (Fsp3) is 0.391. The molecule has 3 rings (SSSR count). The molecular formula is C23H30N4O2. The Morgan fingerprint density at radius 3 is 2.69 bits per heavy atom. The van der Waals surface area contributed by atoms with E-state index in [-0.39, 0.29) is 11.9 Å². The van der Waals surface area contributed by atoms with Gasteiger partial charge in [-0.3, -0.25) is 9.69 Å². The van der Waals surface area contributed by atoms with Crippen molar-refractivity contribution in [3.8, 4) is 5.75 Å². The molecule has 3 aromatic rings. The number of hydrogen-bond donors (Lipinski definition) is 2. The number of methoxy groups -OCH3 is 1. The molecule has 6 nitrogen and oxygen atoms in total. The van der Waals surface area contributed by atoms with E-state index >= 15 is 0 Å². The second-order valence-electron chi connectivity index (χ2n) is 7.02. The van der Waals surface area contributed by atoms with Gasteiger partial charge in [-0.1, -0.05) is 38.1 Å². The van der Waals surface area contributed by atoms with Crippen molar-refractivity contribution in [1.29, 1.82) is 0 Å². The molecule has 1 unspecified atom stereocenters. The SMILES string of the molecule is CCN(CC)C(CNC(=O)CCc1nc2ccccc2[nH]1)c1cccc(OC)c1. The minimum Gasteiger partial charge on any atom is -0.497 e. The molecule has 0 spiro atoms. The van der Waals surface area contributed by atoms with Gasteiger partial charge in [0.2, 0.25) is 5.91 Å². The molecule has 0 saturated carbocycles. The van der Waals surface area contributed by atoms with E-state index in [1.54, 1.807) is 7.11 Å². The molecule has 29 heavy (non-hydrogen) atoms. The lowest BCUT2D eigenvalue weighted by molar-refractivity contribution is -0.121. The minimum atomic E-state index is 0.0329. The van der Waals surface area contributed by atoms with Crippen LogP contribution in [0.3, 0.4) is 0 Å². The zero-order valence-corrected chi connectivity index (χ0v) is 17.4. The van der Waals surface area contributed by atoms with Gasteiger partial charge in [0.1, 0.15) is 11.6 Å². The van der Waals surface area contributed by atoms with Crippen LogP contribution in [0.5, 0.6) is 5.75 Å². The summed E-state index contributed by atoms with van der Waals surface area (Å²) in [5.41, 5.74) is 3.08. The lowest BCUT2D eigenvalue weighted by atomic mass is 10.0. The fourth-order valence-corrected chi connectivity index (χ4v) is 3.63. The van der Waals surface area contributed by atoms with Crippen LogP contribution in [0.4, 0.5) is 0 Å². The summed E-state index contributed by atoms with van der Waals surface area (Å²) in [6.45, 7) is 6.66. The fourth-order valence-electron chi connectivity index (χ4n) is 3.63. The molecule has 1 atom stereocenters. The third-order valence-corrected chi connectivity index (χ3v) is 5.25. The van der Waals surface area contributed by atoms with E-state index in [2.05, 4.69) is 40.1 Å². The zero-order valence-electron chi connectivity index (χ0n) is 17.4. The van der Waals surface area contributed by atoms with Crippen LogP contribution < -0.4 is 10.1 Å². The number of carbonyl (C=O) groups excluding carboxylic acids is 1. The Balaban J connectivity index is 1.61. The number of ether oxygens (including phenoxy) is 1. The number of aromatic amines is 1. The second-order valence-corrected chi connectivity index (χ2v) is 7.02. The van der Waals surface area contributed by atoms with E-state index in [9.17, 15) is 4.79 Å². The van der Waals surface area contributed by atoms with Gasteiger partial charge >= 0.3 is 0 Å². The van der Waals surface area contributed by atoms with E-state index in [0.717, 1.165) is 41.3 Å². The summed E-state index contributed by atoms with van der Waals surface area (Å²) >= 11 is 0. The number of para-hydroxylation sites is 2. The average Bonchev–Trinajstić information content (AvgIpc) is 3.18. The van der Waals surface area contributed by atoms with Gasteiger partial charge < -0.3 is 15.0 Å². The third-order valence-electron chi connectivity index (χ3n) is 5.25. The number of hydrogen-bond acceptors (Lipinski definition) is 4. The molecule has 0 saturated heterocycles. The van der Waals surface area contributed by atoms with Gasteiger partial charge in [-0.2, -0.15) is 0 Å². The molecule has 0 radical (unpaired) electrons. The van der Waals surface area contributed by atoms with Crippen LogP contribution in [0.25, 0.3) is 11.0 Å². The van der Waals surface area contributed by atoms with E-state index < -0.39 is 0 Å². The van der Waals surface area contributed by atoms with Crippen molar-refractivity contribution in [2.45, 2.75) is 32.7 Å². The first-order valence-corrected chi connectivity index (χ1v) is 10.2. The standard InChI is InChI=1S/C23H30N4O2/c1-4-27(5-2)21(17-9-8-10-18(15-17)29-3)16-24-23(28)14-13-22-25-19-11-6-7-12-20(19)26-22/h6-12,15,21H,4-5,13-14,16H2,1-3H3,(H,24,28)(H,25,26). The van der Waals surface area contributed by atoms with E-state index in [1.807, 2.05) is 42.5 Å². The van der Waals surface area contributed by atoms with Crippen molar-refractivity contribution < 1.29 is 9.53 Å². The molecule has 0 aliphatic rings. The van der Waals surface area contributed by atoms with Crippen LogP contribution >= 0.6 is 0 Å². The van der Waals surface area contributed by atoms with Gasteiger partial charge in [-0.25, -0.2) is 4.98 Å². The molecule has 1 aromatic heterocycles. The van der Waals surface area contributed by atoms with E-state index in [0.29, 0.717) is 19.4 Å². The zero-order chi connectivity index (χ0) is 20.6. The van der Waals surface area contributed by atoms with Crippen molar-refractivity contribution >= 4 is 16.9 Å². The maximum atomic E-state index is 12.5. The summed E-state index contributed by atoms with van der Waals surface area (Å²) in [5, 5.41) is 3.11. The van der Waals surface area contributed by atoms with Crippen LogP contribution in [0, 0.1) is 0 Å². The number of imidazole rings is 1. The van der Waals surface area contributed by atoms with Crippen molar-refractivity contribution in [2.24, 2.45) is 0 Å². The molecule has 0 aliphatic heterocycles. The first-order chi connectivity index (χ1) is 14.1. The number of nitrogens with zero attached hydrogens (tertiary/aromatic N) is 2. The summed E-state index contributed by atoms with van der Waals surface area (Å²) in [4.78, 5) is 22.7. The molecule has 154 valence electrons. The number of amides is 1. The molecule has 0 bridgehead atoms. The second kappa shape index (κ2) is 10.1. The van der Waals surface area contributed by atoms with Crippen LogP contribution in [-0.4, -0.2) is 47.5 Å². The van der Waals surface area contributed by atoms with Gasteiger partial charge in [0.05, 0.1) is 24.2 Å². The van der Waals surface area contributed by atoms with Crippen molar-refractivity contribution in [2.75, 3.05) is 26.7 Å². The predicted molar refractivity (Wildman–Crippen MR) is 116 cm³/mol. The first kappa shape index (κ1) is 20.9. The van der Waals surface area contributed by atoms with Crippen molar-refractivity contribution in [3.63, 3.8) is 0 Å². The summed E-state index contributed by atoms with van der Waals surface area (Å²) < 4.78 is 5.37. The minimum absolute atomic E-state index is 0.0329. The number of benzene rings is 2. The summed E-state index contributed by atoms with van der Waals surface area (Å²) in [6, 6.07) is 16.1. The molecule has 0 aliphatic carbocycles. The average molecular weight is 395 g/mol. The number of aromatic nitrogens is 2. The molecule has 2 N–H and O–H groups in total. The quantitative estimate of drug-likeness (QED) is 0.550. The maximum absolute atomic E-state index is 12.5. The van der Waals surface area contributed by atoms with Crippen LogP contribution in [-0.2, 0) is 11.2 Å². The number of likely N-dealkylation sites (N-methyl/N-ethyl adjacent to an activating group) is 1. The number of aryl methyl sites for hydroxylation is 1. The largest absolute Gasteiger partial charge is 0.497 e. The number of fused-ring (bicyclic) bond motifs is 1. The summed E-state index contributed by atoms with van der Waals surface area (Å²) in [7, 11) is 1.67. The highest BCUT2D eigenvalue weighted by Gasteiger charge is 2.19. The smallest absolute Gasteiger partial charge is 0.220 e. The predicted octanol–water partition coefficient (Wildman–Crippen LogP) is 3.70. The highest BCUT2D eigenvalue weighted by atomic mass is 16.5. The number of carbonyl (C=O) groups is 1. The molecule has 0 fully saturated rings. The third kappa shape index (κ3) is 5.35. The Labute approximate surface area is 172 Å². The molecular weight excluding hydrogens is 364 g/mol. The molecule has 6 heteroatoms. The Morgan fingerprint density at radius 2 is 1.97 bits per heavy atom.